The van der Waals surface area contributed by atoms with Crippen molar-refractivity contribution in [2.45, 2.75) is 96.2 Å². The van der Waals surface area contributed by atoms with Crippen molar-refractivity contribution >= 4 is 36.3 Å². The summed E-state index contributed by atoms with van der Waals surface area (Å²) < 4.78 is 17.4. The van der Waals surface area contributed by atoms with E-state index >= 15 is 0 Å². The number of ether oxygens (including phenoxy) is 1. The number of hydrogen-bond donors (Lipinski definition) is 1. The molecule has 1 aromatic heterocycles. The average molecular weight is 506 g/mol. The number of nitrogens with one attached hydrogen (secondary N) is 1. The van der Waals surface area contributed by atoms with E-state index in [9.17, 15) is 9.59 Å². The number of piperidine rings is 1. The van der Waals surface area contributed by atoms with E-state index in [1.165, 1.54) is 0 Å². The second kappa shape index (κ2) is 10.6. The number of thioether (sulfide) groups is 1. The van der Waals surface area contributed by atoms with Crippen molar-refractivity contribution in [3.05, 3.63) is 12.4 Å². The molecule has 0 saturated carbocycles. The molecule has 2 amide bonds. The molecular weight excluding hydrogens is 467 g/mol. The summed E-state index contributed by atoms with van der Waals surface area (Å²) >= 11 is 1.59. The first-order valence-corrected chi connectivity index (χ1v) is 13.2. The summed E-state index contributed by atoms with van der Waals surface area (Å²) in [6.45, 7) is 16.5. The second-order valence-corrected chi connectivity index (χ2v) is 12.3. The molecule has 0 spiro atoms. The number of alkyl carbamates (subject to hydrolysis) is 1. The third-order valence-electron chi connectivity index (χ3n) is 6.56. The molecule has 0 aromatic carbocycles. The number of nitrogens with zero attached hydrogens (tertiary/aromatic N) is 3. The molecule has 35 heavy (non-hydrogen) atoms. The first-order valence-electron chi connectivity index (χ1n) is 12.3. The lowest BCUT2D eigenvalue weighted by molar-refractivity contribution is -0.134. The van der Waals surface area contributed by atoms with Gasteiger partial charge in [0.2, 0.25) is 5.91 Å². The van der Waals surface area contributed by atoms with Crippen LogP contribution in [-0.2, 0) is 18.8 Å². The first kappa shape index (κ1) is 27.7. The zero-order chi connectivity index (χ0) is 26.0. The van der Waals surface area contributed by atoms with Gasteiger partial charge in [-0.2, -0.15) is 0 Å². The van der Waals surface area contributed by atoms with Gasteiger partial charge >= 0.3 is 13.2 Å². The minimum Gasteiger partial charge on any atom is -0.444 e. The molecule has 0 radical (unpaired) electrons. The Kier molecular flexibility index (Phi) is 8.43. The lowest BCUT2D eigenvalue weighted by Gasteiger charge is -2.34. The van der Waals surface area contributed by atoms with E-state index < -0.39 is 36.1 Å². The van der Waals surface area contributed by atoms with Crippen LogP contribution in [-0.4, -0.2) is 75.7 Å². The quantitative estimate of drug-likeness (QED) is 0.357. The molecule has 2 aliphatic rings. The monoisotopic (exact) mass is 506 g/mol. The van der Waals surface area contributed by atoms with E-state index in [4.69, 9.17) is 14.0 Å². The Morgan fingerprint density at radius 2 is 1.83 bits per heavy atom. The lowest BCUT2D eigenvalue weighted by Crippen LogP contribution is -2.51. The second-order valence-electron chi connectivity index (χ2n) is 11.4. The molecule has 194 valence electrons. The Bertz CT molecular complexity index is 890. The summed E-state index contributed by atoms with van der Waals surface area (Å²) in [4.78, 5) is 35.7. The molecule has 2 saturated heterocycles. The number of rotatable bonds is 6. The molecule has 0 aliphatic carbocycles. The molecule has 1 aromatic rings. The third kappa shape index (κ3) is 7.33. The minimum atomic E-state index is -0.637. The summed E-state index contributed by atoms with van der Waals surface area (Å²) in [7, 11) is -0.478. The SMILES string of the molecule is C[C@@H](NC(=O)OC(C)(C)C)C(=O)N1CCC[C@H](CSc2ncc(B3OC(C)(C)C(C)(C)O3)cn2)C1. The van der Waals surface area contributed by atoms with Crippen LogP contribution in [0.2, 0.25) is 0 Å². The van der Waals surface area contributed by atoms with Gasteiger partial charge < -0.3 is 24.3 Å². The fraction of sp³-hybridized carbons (Fsp3) is 0.750. The topological polar surface area (TPSA) is 103 Å². The van der Waals surface area contributed by atoms with Crippen LogP contribution in [0.5, 0.6) is 0 Å². The van der Waals surface area contributed by atoms with Gasteiger partial charge in [-0.1, -0.05) is 11.8 Å². The number of likely N-dealkylation sites (tertiary alicyclic amines) is 1. The van der Waals surface area contributed by atoms with Crippen molar-refractivity contribution in [1.82, 2.24) is 20.2 Å². The average Bonchev–Trinajstić information content (AvgIpc) is 2.97. The Morgan fingerprint density at radius 1 is 1.23 bits per heavy atom. The number of amides is 2. The highest BCUT2D eigenvalue weighted by Crippen LogP contribution is 2.36. The fourth-order valence-corrected chi connectivity index (χ4v) is 4.83. The van der Waals surface area contributed by atoms with Crippen LogP contribution in [0.25, 0.3) is 0 Å². The van der Waals surface area contributed by atoms with Crippen molar-refractivity contribution in [2.24, 2.45) is 5.92 Å². The van der Waals surface area contributed by atoms with Crippen LogP contribution in [0.4, 0.5) is 4.79 Å². The molecule has 0 unspecified atom stereocenters. The standard InChI is InChI=1S/C24H39BN4O5S/c1-16(28-21(31)32-22(2,3)4)19(30)29-11-9-10-17(14-29)15-35-20-26-12-18(13-27-20)25-33-23(5,6)24(7,8)34-25/h12-13,16-17H,9-11,14-15H2,1-8H3,(H,28,31)/t16-,17+/m1/s1. The predicted molar refractivity (Wildman–Crippen MR) is 137 cm³/mol. The number of carbonyl (C=O) groups excluding carboxylic acids is 2. The zero-order valence-corrected chi connectivity index (χ0v) is 23.0. The van der Waals surface area contributed by atoms with E-state index in [-0.39, 0.29) is 5.91 Å². The molecule has 3 rings (SSSR count). The number of hydrogen-bond acceptors (Lipinski definition) is 8. The largest absolute Gasteiger partial charge is 0.498 e. The van der Waals surface area contributed by atoms with Crippen LogP contribution in [0.15, 0.2) is 17.6 Å². The van der Waals surface area contributed by atoms with E-state index in [1.807, 2.05) is 32.6 Å². The van der Waals surface area contributed by atoms with E-state index in [1.54, 1.807) is 51.9 Å². The van der Waals surface area contributed by atoms with Gasteiger partial charge in [0.1, 0.15) is 11.6 Å². The van der Waals surface area contributed by atoms with Crippen LogP contribution in [0.1, 0.15) is 68.2 Å². The highest BCUT2D eigenvalue weighted by atomic mass is 32.2. The Morgan fingerprint density at radius 3 is 2.40 bits per heavy atom. The van der Waals surface area contributed by atoms with Crippen LogP contribution in [0.3, 0.4) is 0 Å². The van der Waals surface area contributed by atoms with Gasteiger partial charge in [-0.05, 0) is 74.1 Å². The van der Waals surface area contributed by atoms with Crippen LogP contribution >= 0.6 is 11.8 Å². The minimum absolute atomic E-state index is 0.0893. The molecule has 2 fully saturated rings. The van der Waals surface area contributed by atoms with E-state index in [0.29, 0.717) is 24.2 Å². The smallest absolute Gasteiger partial charge is 0.444 e. The van der Waals surface area contributed by atoms with Crippen molar-refractivity contribution in [3.63, 3.8) is 0 Å². The van der Waals surface area contributed by atoms with Crippen molar-refractivity contribution in [1.29, 1.82) is 0 Å². The van der Waals surface area contributed by atoms with Gasteiger partial charge in [0.05, 0.1) is 11.2 Å². The van der Waals surface area contributed by atoms with Crippen molar-refractivity contribution < 1.29 is 23.6 Å². The summed E-state index contributed by atoms with van der Waals surface area (Å²) in [5.41, 5.74) is -0.621. The maximum atomic E-state index is 12.9. The van der Waals surface area contributed by atoms with Gasteiger partial charge in [-0.3, -0.25) is 4.79 Å². The normalized spacial score (nSPS) is 22.6. The fourth-order valence-electron chi connectivity index (χ4n) is 3.92. The van der Waals surface area contributed by atoms with E-state index in [0.717, 1.165) is 24.1 Å². The summed E-state index contributed by atoms with van der Waals surface area (Å²) in [6.07, 6.45) is 4.91. The number of aromatic nitrogens is 2. The maximum Gasteiger partial charge on any atom is 0.498 e. The van der Waals surface area contributed by atoms with Gasteiger partial charge in [-0.15, -0.1) is 0 Å². The highest BCUT2D eigenvalue weighted by Gasteiger charge is 2.52. The van der Waals surface area contributed by atoms with Crippen LogP contribution in [0, 0.1) is 5.92 Å². The first-order chi connectivity index (χ1) is 16.2. The lowest BCUT2D eigenvalue weighted by atomic mass is 9.81. The molecule has 0 bridgehead atoms. The van der Waals surface area contributed by atoms with Crippen LogP contribution < -0.4 is 10.8 Å². The highest BCUT2D eigenvalue weighted by molar-refractivity contribution is 7.99. The molecule has 3 heterocycles. The predicted octanol–water partition coefficient (Wildman–Crippen LogP) is 3.02. The molecule has 2 atom stereocenters. The molecular formula is C24H39BN4O5S. The van der Waals surface area contributed by atoms with Gasteiger partial charge in [0, 0.05) is 36.7 Å². The zero-order valence-electron chi connectivity index (χ0n) is 22.2. The molecule has 9 nitrogen and oxygen atoms in total. The Balaban J connectivity index is 1.48. The molecule has 11 heteroatoms. The Hall–Kier alpha value is -1.85. The molecule has 2 aliphatic heterocycles. The summed E-state index contributed by atoms with van der Waals surface area (Å²) in [5.74, 6) is 1.06. The maximum absolute atomic E-state index is 12.9. The van der Waals surface area contributed by atoms with E-state index in [2.05, 4.69) is 15.3 Å². The van der Waals surface area contributed by atoms with Crippen molar-refractivity contribution in [2.75, 3.05) is 18.8 Å². The Labute approximate surface area is 213 Å². The molecule has 1 N–H and O–H groups in total. The summed E-state index contributed by atoms with van der Waals surface area (Å²) in [5, 5.41) is 3.34. The van der Waals surface area contributed by atoms with Gasteiger partial charge in [-0.25, -0.2) is 14.8 Å². The van der Waals surface area contributed by atoms with Gasteiger partial charge in [0.25, 0.3) is 0 Å². The summed E-state index contributed by atoms with van der Waals surface area (Å²) in [6, 6.07) is -0.637. The van der Waals surface area contributed by atoms with Gasteiger partial charge in [0.15, 0.2) is 5.16 Å². The van der Waals surface area contributed by atoms with Crippen molar-refractivity contribution in [3.8, 4) is 0 Å². The number of carbonyl (C=O) groups is 2. The third-order valence-corrected chi connectivity index (χ3v) is 7.66.